The van der Waals surface area contributed by atoms with Crippen molar-refractivity contribution in [1.82, 2.24) is 10.3 Å². The molecule has 6 nitrogen and oxygen atoms in total. The number of nitrogens with zero attached hydrogens (tertiary/aromatic N) is 2. The van der Waals surface area contributed by atoms with E-state index in [2.05, 4.69) is 10.3 Å². The number of hydrogen-bond donors (Lipinski definition) is 2. The molecule has 4 rings (SSSR count). The third-order valence-corrected chi connectivity index (χ3v) is 5.01. The monoisotopic (exact) mass is 407 g/mol. The lowest BCUT2D eigenvalue weighted by molar-refractivity contribution is 0.0963. The van der Waals surface area contributed by atoms with Crippen LogP contribution in [0.2, 0.25) is 0 Å². The predicted octanol–water partition coefficient (Wildman–Crippen LogP) is 3.50. The number of aromatic nitrogens is 1. The van der Waals surface area contributed by atoms with Crippen LogP contribution >= 0.6 is 0 Å². The number of ether oxygens (including phenoxy) is 1. The minimum Gasteiger partial charge on any atom is -0.441 e. The quantitative estimate of drug-likeness (QED) is 0.627. The second-order valence-electron chi connectivity index (χ2n) is 7.12. The molecule has 0 unspecified atom stereocenters. The molecule has 1 aliphatic heterocycles. The Morgan fingerprint density at radius 2 is 1.77 bits per heavy atom. The van der Waals surface area contributed by atoms with Gasteiger partial charge in [0, 0.05) is 31.0 Å². The number of cyclic esters (lactones) is 1. The second-order valence-corrected chi connectivity index (χ2v) is 7.12. The second kappa shape index (κ2) is 9.02. The number of nitrogens with one attached hydrogen (secondary N) is 1. The Morgan fingerprint density at radius 1 is 1.07 bits per heavy atom. The fraction of sp³-hybridized carbons (Fsp3) is 0.217. The highest BCUT2D eigenvalue weighted by Crippen LogP contribution is 2.29. The van der Waals surface area contributed by atoms with Gasteiger partial charge in [-0.05, 0) is 47.0 Å². The Hall–Kier alpha value is -3.29. The molecule has 1 fully saturated rings. The van der Waals surface area contributed by atoms with E-state index in [9.17, 15) is 9.18 Å². The molecule has 30 heavy (non-hydrogen) atoms. The van der Waals surface area contributed by atoms with Gasteiger partial charge in [0.2, 0.25) is 0 Å². The summed E-state index contributed by atoms with van der Waals surface area (Å²) < 4.78 is 19.8. The van der Waals surface area contributed by atoms with Crippen molar-refractivity contribution in [2.75, 3.05) is 18.1 Å². The number of hydrogen-bond acceptors (Lipinski definition) is 5. The Labute approximate surface area is 173 Å². The van der Waals surface area contributed by atoms with Crippen LogP contribution < -0.4 is 10.2 Å². The van der Waals surface area contributed by atoms with Crippen LogP contribution in [0.1, 0.15) is 11.1 Å². The zero-order chi connectivity index (χ0) is 20.9. The Morgan fingerprint density at radius 3 is 2.40 bits per heavy atom. The van der Waals surface area contributed by atoms with Crippen molar-refractivity contribution in [3.63, 3.8) is 0 Å². The van der Waals surface area contributed by atoms with Gasteiger partial charge >= 0.3 is 6.09 Å². The molecule has 3 aromatic rings. The molecule has 2 aromatic carbocycles. The summed E-state index contributed by atoms with van der Waals surface area (Å²) in [6, 6.07) is 16.3. The van der Waals surface area contributed by atoms with E-state index >= 15 is 0 Å². The summed E-state index contributed by atoms with van der Waals surface area (Å²) in [6.45, 7) is 1.39. The highest BCUT2D eigenvalue weighted by Gasteiger charge is 2.32. The average molecular weight is 407 g/mol. The molecule has 2 N–H and O–H groups in total. The van der Waals surface area contributed by atoms with Gasteiger partial charge in [-0.15, -0.1) is 0 Å². The van der Waals surface area contributed by atoms with Crippen molar-refractivity contribution in [1.29, 1.82) is 0 Å². The number of aliphatic hydroxyl groups excluding tert-OH is 1. The van der Waals surface area contributed by atoms with Crippen molar-refractivity contribution in [2.45, 2.75) is 19.2 Å². The van der Waals surface area contributed by atoms with Crippen LogP contribution in [0.4, 0.5) is 14.9 Å². The summed E-state index contributed by atoms with van der Waals surface area (Å²) in [4.78, 5) is 17.2. The molecule has 7 heteroatoms. The van der Waals surface area contributed by atoms with E-state index in [1.807, 2.05) is 36.4 Å². The van der Waals surface area contributed by atoms with Gasteiger partial charge in [0.1, 0.15) is 11.9 Å². The minimum atomic E-state index is -0.583. The van der Waals surface area contributed by atoms with Gasteiger partial charge in [-0.1, -0.05) is 24.3 Å². The van der Waals surface area contributed by atoms with Crippen LogP contribution in [0.3, 0.4) is 0 Å². The Kier molecular flexibility index (Phi) is 6.02. The normalized spacial score (nSPS) is 16.0. The first-order valence-electron chi connectivity index (χ1n) is 9.71. The zero-order valence-electron chi connectivity index (χ0n) is 16.3. The summed E-state index contributed by atoms with van der Waals surface area (Å²) in [5, 5.41) is 12.5. The molecule has 1 atom stereocenters. The number of rotatable bonds is 7. The van der Waals surface area contributed by atoms with E-state index < -0.39 is 18.0 Å². The van der Waals surface area contributed by atoms with Crippen LogP contribution in [-0.2, 0) is 17.8 Å². The van der Waals surface area contributed by atoms with Crippen molar-refractivity contribution >= 4 is 11.8 Å². The number of carbonyl (C=O) groups is 1. The first kappa shape index (κ1) is 20.0. The standard InChI is InChI=1S/C23H22FN3O3/c24-22-11-19(27-14-20(15-28)30-23(27)29)5-6-21(22)18-3-1-16(2-4-18)12-26-13-17-7-9-25-10-8-17/h1-11,20,26,28H,12-15H2/t20-/m1/s1. The van der Waals surface area contributed by atoms with Gasteiger partial charge in [-0.3, -0.25) is 9.88 Å². The van der Waals surface area contributed by atoms with E-state index in [4.69, 9.17) is 9.84 Å². The molecule has 0 spiro atoms. The highest BCUT2D eigenvalue weighted by molar-refractivity contribution is 5.90. The van der Waals surface area contributed by atoms with Gasteiger partial charge in [0.05, 0.1) is 18.8 Å². The smallest absolute Gasteiger partial charge is 0.414 e. The first-order chi connectivity index (χ1) is 14.6. The molecule has 1 aromatic heterocycles. The molecule has 1 amide bonds. The van der Waals surface area contributed by atoms with E-state index in [1.54, 1.807) is 24.5 Å². The molecule has 1 saturated heterocycles. The zero-order valence-corrected chi connectivity index (χ0v) is 16.3. The molecule has 0 bridgehead atoms. The summed E-state index contributed by atoms with van der Waals surface area (Å²) in [5.41, 5.74) is 3.89. The van der Waals surface area contributed by atoms with E-state index in [0.717, 1.165) is 23.2 Å². The Balaban J connectivity index is 1.41. The van der Waals surface area contributed by atoms with Crippen molar-refractivity contribution < 1.29 is 19.0 Å². The lowest BCUT2D eigenvalue weighted by Crippen LogP contribution is -2.25. The SMILES string of the molecule is O=C1O[C@@H](CO)CN1c1ccc(-c2ccc(CNCc3ccncc3)cc2)c(F)c1. The number of anilines is 1. The topological polar surface area (TPSA) is 74.7 Å². The lowest BCUT2D eigenvalue weighted by atomic mass is 10.0. The molecule has 0 aliphatic carbocycles. The van der Waals surface area contributed by atoms with Gasteiger partial charge in [0.25, 0.3) is 0 Å². The maximum absolute atomic E-state index is 14.7. The van der Waals surface area contributed by atoms with Gasteiger partial charge < -0.3 is 15.2 Å². The third-order valence-electron chi connectivity index (χ3n) is 5.01. The number of benzene rings is 2. The van der Waals surface area contributed by atoms with Crippen LogP contribution in [0.25, 0.3) is 11.1 Å². The predicted molar refractivity (Wildman–Crippen MR) is 111 cm³/mol. The summed E-state index contributed by atoms with van der Waals surface area (Å²) in [6.07, 6.45) is 2.37. The highest BCUT2D eigenvalue weighted by atomic mass is 19.1. The van der Waals surface area contributed by atoms with Crippen molar-refractivity contribution in [2.24, 2.45) is 0 Å². The number of halogens is 1. The fourth-order valence-electron chi connectivity index (χ4n) is 3.39. The van der Waals surface area contributed by atoms with Crippen LogP contribution in [0.5, 0.6) is 0 Å². The largest absolute Gasteiger partial charge is 0.441 e. The van der Waals surface area contributed by atoms with E-state index in [1.165, 1.54) is 11.0 Å². The number of carbonyl (C=O) groups excluding carboxylic acids is 1. The van der Waals surface area contributed by atoms with E-state index in [-0.39, 0.29) is 13.2 Å². The van der Waals surface area contributed by atoms with Crippen LogP contribution in [0, 0.1) is 5.82 Å². The first-order valence-corrected chi connectivity index (χ1v) is 9.71. The minimum absolute atomic E-state index is 0.204. The maximum Gasteiger partial charge on any atom is 0.414 e. The van der Waals surface area contributed by atoms with Crippen molar-refractivity contribution in [3.8, 4) is 11.1 Å². The van der Waals surface area contributed by atoms with Gasteiger partial charge in [-0.25, -0.2) is 9.18 Å². The summed E-state index contributed by atoms with van der Waals surface area (Å²) in [5.74, 6) is -0.420. The summed E-state index contributed by atoms with van der Waals surface area (Å²) in [7, 11) is 0. The molecular weight excluding hydrogens is 385 g/mol. The number of pyridine rings is 1. The average Bonchev–Trinajstić information content (AvgIpc) is 3.16. The third kappa shape index (κ3) is 4.48. The number of amides is 1. The molecular formula is C23H22FN3O3. The fourth-order valence-corrected chi connectivity index (χ4v) is 3.39. The lowest BCUT2D eigenvalue weighted by Gasteiger charge is -2.14. The van der Waals surface area contributed by atoms with Crippen molar-refractivity contribution in [3.05, 3.63) is 83.9 Å². The number of aliphatic hydroxyl groups is 1. The van der Waals surface area contributed by atoms with Crippen LogP contribution in [0.15, 0.2) is 67.0 Å². The molecule has 2 heterocycles. The molecule has 154 valence electrons. The maximum atomic E-state index is 14.7. The molecule has 0 radical (unpaired) electrons. The Bertz CT molecular complexity index is 1010. The molecule has 0 saturated carbocycles. The summed E-state index contributed by atoms with van der Waals surface area (Å²) >= 11 is 0. The molecule has 1 aliphatic rings. The van der Waals surface area contributed by atoms with E-state index in [0.29, 0.717) is 17.8 Å². The van der Waals surface area contributed by atoms with Gasteiger partial charge in [-0.2, -0.15) is 0 Å². The van der Waals surface area contributed by atoms with Crippen LogP contribution in [-0.4, -0.2) is 35.4 Å². The van der Waals surface area contributed by atoms with Gasteiger partial charge in [0.15, 0.2) is 0 Å².